The van der Waals surface area contributed by atoms with Crippen LogP contribution in [0.15, 0.2) is 35.5 Å². The number of aromatic nitrogens is 3. The Balaban J connectivity index is 1.45. The first-order chi connectivity index (χ1) is 16.0. The van der Waals surface area contributed by atoms with Crippen LogP contribution in [0.4, 0.5) is 15.9 Å². The standard InChI is InChI=1S/C24H25FN6OS/c1-27-20-5-13(25)4-17-16(20)7-21-22(17)23(31-10-12-3-19(26)18(12)11-31)30-24(29-21)32-14-6-15(33-2)9-28-8-14/h4-6,8-9,12,18-19,27H,3,7,10-11,26H2,1-2H3/t12?,18?,19-/m1/s1. The summed E-state index contributed by atoms with van der Waals surface area (Å²) in [7, 11) is 1.81. The van der Waals surface area contributed by atoms with Gasteiger partial charge in [-0.05, 0) is 53.8 Å². The Bertz CT molecular complexity index is 1250. The smallest absolute Gasteiger partial charge is 0.324 e. The van der Waals surface area contributed by atoms with E-state index in [0.29, 0.717) is 24.0 Å². The summed E-state index contributed by atoms with van der Waals surface area (Å²) in [6.45, 7) is 1.75. The highest BCUT2D eigenvalue weighted by Crippen LogP contribution is 2.48. The average Bonchev–Trinajstić information content (AvgIpc) is 3.35. The number of ether oxygens (including phenoxy) is 1. The van der Waals surface area contributed by atoms with Gasteiger partial charge in [-0.1, -0.05) is 0 Å². The van der Waals surface area contributed by atoms with Crippen molar-refractivity contribution in [3.63, 3.8) is 0 Å². The summed E-state index contributed by atoms with van der Waals surface area (Å²) in [6.07, 6.45) is 7.08. The molecule has 2 aliphatic carbocycles. The average molecular weight is 465 g/mol. The molecule has 3 N–H and O–H groups in total. The fourth-order valence-corrected chi connectivity index (χ4v) is 5.80. The van der Waals surface area contributed by atoms with Crippen molar-refractivity contribution < 1.29 is 9.13 Å². The van der Waals surface area contributed by atoms with Gasteiger partial charge in [0.25, 0.3) is 0 Å². The Morgan fingerprint density at radius 2 is 2.09 bits per heavy atom. The van der Waals surface area contributed by atoms with Crippen LogP contribution in [0.3, 0.4) is 0 Å². The largest absolute Gasteiger partial charge is 0.423 e. The first kappa shape index (κ1) is 20.7. The number of nitrogens with two attached hydrogens (primary N) is 1. The first-order valence-electron chi connectivity index (χ1n) is 11.1. The van der Waals surface area contributed by atoms with Gasteiger partial charge in [0.1, 0.15) is 11.6 Å². The van der Waals surface area contributed by atoms with Gasteiger partial charge < -0.3 is 20.7 Å². The number of anilines is 2. The molecule has 0 spiro atoms. The summed E-state index contributed by atoms with van der Waals surface area (Å²) in [5, 5.41) is 3.13. The molecule has 2 aromatic heterocycles. The molecule has 33 heavy (non-hydrogen) atoms. The molecule has 1 saturated heterocycles. The molecule has 0 amide bonds. The van der Waals surface area contributed by atoms with Gasteiger partial charge in [0.15, 0.2) is 5.75 Å². The van der Waals surface area contributed by atoms with E-state index >= 15 is 0 Å². The maximum absolute atomic E-state index is 14.5. The van der Waals surface area contributed by atoms with Gasteiger partial charge >= 0.3 is 6.01 Å². The van der Waals surface area contributed by atoms with Crippen LogP contribution in [0.2, 0.25) is 0 Å². The molecule has 7 nitrogen and oxygen atoms in total. The molecule has 1 aromatic carbocycles. The van der Waals surface area contributed by atoms with E-state index in [2.05, 4.69) is 15.2 Å². The normalized spacial score (nSPS) is 22.4. The second kappa shape index (κ2) is 7.85. The van der Waals surface area contributed by atoms with Crippen LogP contribution in [0, 0.1) is 17.7 Å². The van der Waals surface area contributed by atoms with Gasteiger partial charge in [0.05, 0.1) is 11.9 Å². The van der Waals surface area contributed by atoms with Crippen LogP contribution in [0.25, 0.3) is 11.1 Å². The summed E-state index contributed by atoms with van der Waals surface area (Å²) >= 11 is 1.60. The third kappa shape index (κ3) is 3.41. The highest BCUT2D eigenvalue weighted by molar-refractivity contribution is 7.98. The lowest BCUT2D eigenvalue weighted by Crippen LogP contribution is -2.46. The number of fused-ring (bicyclic) bond motifs is 4. The van der Waals surface area contributed by atoms with Crippen molar-refractivity contribution in [3.05, 3.63) is 47.7 Å². The van der Waals surface area contributed by atoms with Crippen molar-refractivity contribution in [2.45, 2.75) is 23.8 Å². The second-order valence-electron chi connectivity index (χ2n) is 8.95. The van der Waals surface area contributed by atoms with E-state index in [1.807, 2.05) is 19.4 Å². The van der Waals surface area contributed by atoms with Crippen LogP contribution in [-0.2, 0) is 6.42 Å². The molecule has 2 unspecified atom stereocenters. The number of nitrogens with one attached hydrogen (secondary N) is 1. The van der Waals surface area contributed by atoms with Crippen molar-refractivity contribution in [2.24, 2.45) is 17.6 Å². The molecule has 0 bridgehead atoms. The predicted molar refractivity (Wildman–Crippen MR) is 128 cm³/mol. The number of hydrogen-bond donors (Lipinski definition) is 2. The van der Waals surface area contributed by atoms with E-state index in [4.69, 9.17) is 20.4 Å². The molecule has 9 heteroatoms. The van der Waals surface area contributed by atoms with Crippen LogP contribution >= 0.6 is 11.8 Å². The number of halogens is 1. The highest BCUT2D eigenvalue weighted by Gasteiger charge is 2.46. The Hall–Kier alpha value is -2.91. The minimum atomic E-state index is -0.277. The fraction of sp³-hybridized carbons (Fsp3) is 0.375. The van der Waals surface area contributed by atoms with E-state index in [0.717, 1.165) is 58.3 Å². The van der Waals surface area contributed by atoms with E-state index in [9.17, 15) is 4.39 Å². The molecule has 6 rings (SSSR count). The minimum absolute atomic E-state index is 0.242. The Labute approximate surface area is 196 Å². The van der Waals surface area contributed by atoms with Crippen molar-refractivity contribution in [3.8, 4) is 22.9 Å². The summed E-state index contributed by atoms with van der Waals surface area (Å²) < 4.78 is 20.6. The molecule has 3 atom stereocenters. The van der Waals surface area contributed by atoms with E-state index in [-0.39, 0.29) is 17.9 Å². The molecular formula is C24H25FN6OS. The topological polar surface area (TPSA) is 89.2 Å². The lowest BCUT2D eigenvalue weighted by atomic mass is 9.72. The van der Waals surface area contributed by atoms with Crippen molar-refractivity contribution >= 4 is 23.3 Å². The third-order valence-electron chi connectivity index (χ3n) is 7.09. The quantitative estimate of drug-likeness (QED) is 0.430. The number of hydrogen-bond acceptors (Lipinski definition) is 8. The van der Waals surface area contributed by atoms with Crippen molar-refractivity contribution in [2.75, 3.05) is 36.6 Å². The molecular weight excluding hydrogens is 439 g/mol. The number of thioether (sulfide) groups is 1. The summed E-state index contributed by atoms with van der Waals surface area (Å²) in [4.78, 5) is 17.1. The maximum Gasteiger partial charge on any atom is 0.324 e. The van der Waals surface area contributed by atoms with Gasteiger partial charge in [-0.15, -0.1) is 11.8 Å². The maximum atomic E-state index is 14.5. The van der Waals surface area contributed by atoms with Crippen LogP contribution < -0.4 is 20.7 Å². The molecule has 3 aromatic rings. The number of rotatable bonds is 5. The molecule has 170 valence electrons. The zero-order chi connectivity index (χ0) is 22.7. The Morgan fingerprint density at radius 1 is 1.21 bits per heavy atom. The van der Waals surface area contributed by atoms with E-state index < -0.39 is 0 Å². The summed E-state index contributed by atoms with van der Waals surface area (Å²) in [5.74, 6) is 2.17. The minimum Gasteiger partial charge on any atom is -0.423 e. The van der Waals surface area contributed by atoms with E-state index in [1.54, 1.807) is 30.2 Å². The van der Waals surface area contributed by atoms with Gasteiger partial charge in [0.2, 0.25) is 0 Å². The Kier molecular flexibility index (Phi) is 4.92. The predicted octanol–water partition coefficient (Wildman–Crippen LogP) is 3.92. The zero-order valence-electron chi connectivity index (χ0n) is 18.5. The van der Waals surface area contributed by atoms with Crippen LogP contribution in [0.1, 0.15) is 17.7 Å². The summed E-state index contributed by atoms with van der Waals surface area (Å²) in [6, 6.07) is 5.58. The molecule has 0 radical (unpaired) electrons. The first-order valence-corrected chi connectivity index (χ1v) is 12.4. The number of pyridine rings is 1. The SMILES string of the molecule is CNc1cc(F)cc2c1Cc1nc(Oc3cncc(SC)c3)nc(N3CC4C[C@@H](N)C4C3)c1-2. The molecule has 1 aliphatic heterocycles. The molecule has 3 heterocycles. The number of nitrogens with zero attached hydrogens (tertiary/aromatic N) is 4. The number of benzene rings is 1. The summed E-state index contributed by atoms with van der Waals surface area (Å²) in [5.41, 5.74) is 10.7. The molecule has 1 saturated carbocycles. The van der Waals surface area contributed by atoms with E-state index in [1.165, 1.54) is 6.07 Å². The van der Waals surface area contributed by atoms with Gasteiger partial charge in [-0.2, -0.15) is 9.97 Å². The Morgan fingerprint density at radius 3 is 2.85 bits per heavy atom. The zero-order valence-corrected chi connectivity index (χ0v) is 19.3. The van der Waals surface area contributed by atoms with Crippen molar-refractivity contribution in [1.29, 1.82) is 0 Å². The third-order valence-corrected chi connectivity index (χ3v) is 7.79. The van der Waals surface area contributed by atoms with Crippen LogP contribution in [-0.4, -0.2) is 47.4 Å². The lowest BCUT2D eigenvalue weighted by molar-refractivity contribution is 0.194. The monoisotopic (exact) mass is 464 g/mol. The van der Waals surface area contributed by atoms with Gasteiger partial charge in [-0.3, -0.25) is 4.98 Å². The van der Waals surface area contributed by atoms with Gasteiger partial charge in [0, 0.05) is 54.9 Å². The van der Waals surface area contributed by atoms with Crippen LogP contribution in [0.5, 0.6) is 11.8 Å². The fourth-order valence-electron chi connectivity index (χ4n) is 5.40. The lowest BCUT2D eigenvalue weighted by Gasteiger charge is -2.36. The van der Waals surface area contributed by atoms with Gasteiger partial charge in [-0.25, -0.2) is 4.39 Å². The highest BCUT2D eigenvalue weighted by atomic mass is 32.2. The van der Waals surface area contributed by atoms with Crippen molar-refractivity contribution in [1.82, 2.24) is 15.0 Å². The second-order valence-corrected chi connectivity index (χ2v) is 9.83. The molecule has 3 aliphatic rings. The molecule has 2 fully saturated rings.